The van der Waals surface area contributed by atoms with Crippen LogP contribution in [0.5, 0.6) is 11.5 Å². The van der Waals surface area contributed by atoms with Gasteiger partial charge in [-0.3, -0.25) is 4.79 Å². The maximum absolute atomic E-state index is 12.0. The van der Waals surface area contributed by atoms with Crippen LogP contribution < -0.4 is 9.47 Å². The molecule has 0 aliphatic rings. The number of ether oxygens (including phenoxy) is 3. The van der Waals surface area contributed by atoms with Gasteiger partial charge < -0.3 is 19.3 Å². The monoisotopic (exact) mass is 344 g/mol. The number of hydrogen-bond donors (Lipinski definition) is 1. The summed E-state index contributed by atoms with van der Waals surface area (Å²) in [6, 6.07) is 11.8. The number of carbonyl (C=O) groups excluding carboxylic acids is 1. The van der Waals surface area contributed by atoms with Crippen LogP contribution in [0.3, 0.4) is 0 Å². The van der Waals surface area contributed by atoms with Crippen molar-refractivity contribution in [1.29, 1.82) is 0 Å². The predicted molar refractivity (Wildman–Crippen MR) is 91.1 cm³/mol. The maximum atomic E-state index is 12.0. The molecule has 6 nitrogen and oxygen atoms in total. The molecule has 0 fully saturated rings. The number of carboxylic acids is 1. The minimum absolute atomic E-state index is 0.0385. The van der Waals surface area contributed by atoms with Gasteiger partial charge >= 0.3 is 11.9 Å². The highest BCUT2D eigenvalue weighted by atomic mass is 16.5. The number of carbonyl (C=O) groups is 2. The molecular formula is C19H20O6. The Morgan fingerprint density at radius 3 is 2.32 bits per heavy atom. The zero-order valence-corrected chi connectivity index (χ0v) is 14.2. The number of aliphatic carboxylic acids is 1. The Morgan fingerprint density at radius 2 is 1.72 bits per heavy atom. The Morgan fingerprint density at radius 1 is 1.04 bits per heavy atom. The van der Waals surface area contributed by atoms with Crippen LogP contribution in [0.15, 0.2) is 42.5 Å². The van der Waals surface area contributed by atoms with Gasteiger partial charge in [-0.05, 0) is 42.8 Å². The van der Waals surface area contributed by atoms with Gasteiger partial charge in [-0.2, -0.15) is 0 Å². The van der Waals surface area contributed by atoms with Gasteiger partial charge in [0, 0.05) is 5.56 Å². The summed E-state index contributed by atoms with van der Waals surface area (Å²) < 4.78 is 16.0. The highest BCUT2D eigenvalue weighted by molar-refractivity contribution is 5.91. The van der Waals surface area contributed by atoms with Crippen molar-refractivity contribution in [3.8, 4) is 11.5 Å². The zero-order chi connectivity index (χ0) is 18.2. The summed E-state index contributed by atoms with van der Waals surface area (Å²) >= 11 is 0. The molecule has 0 heterocycles. The largest absolute Gasteiger partial charge is 0.497 e. The van der Waals surface area contributed by atoms with Gasteiger partial charge in [0.15, 0.2) is 0 Å². The van der Waals surface area contributed by atoms with E-state index < -0.39 is 11.9 Å². The fourth-order valence-corrected chi connectivity index (χ4v) is 2.26. The number of carboxylic acid groups (broad SMARTS) is 1. The summed E-state index contributed by atoms with van der Waals surface area (Å²) in [5.74, 6) is -0.111. The second-order valence-corrected chi connectivity index (χ2v) is 5.25. The quantitative estimate of drug-likeness (QED) is 0.741. The lowest BCUT2D eigenvalue weighted by molar-refractivity contribution is -0.136. The molecule has 25 heavy (non-hydrogen) atoms. The van der Waals surface area contributed by atoms with Gasteiger partial charge in [0.05, 0.1) is 25.7 Å². The van der Waals surface area contributed by atoms with Crippen LogP contribution >= 0.6 is 0 Å². The van der Waals surface area contributed by atoms with Crippen LogP contribution in [0, 0.1) is 0 Å². The van der Waals surface area contributed by atoms with Gasteiger partial charge in [-0.25, -0.2) is 4.79 Å². The third-order valence-electron chi connectivity index (χ3n) is 3.48. The fourth-order valence-electron chi connectivity index (χ4n) is 2.26. The van der Waals surface area contributed by atoms with Crippen molar-refractivity contribution in [2.75, 3.05) is 13.7 Å². The van der Waals surface area contributed by atoms with Crippen molar-refractivity contribution in [1.82, 2.24) is 0 Å². The first kappa shape index (κ1) is 18.3. The van der Waals surface area contributed by atoms with Crippen LogP contribution in [-0.2, 0) is 22.6 Å². The molecule has 0 spiro atoms. The number of benzene rings is 2. The molecule has 0 aliphatic carbocycles. The highest BCUT2D eigenvalue weighted by Gasteiger charge is 2.14. The Bertz CT molecular complexity index is 736. The second kappa shape index (κ2) is 8.73. The van der Waals surface area contributed by atoms with Gasteiger partial charge in [0.25, 0.3) is 0 Å². The molecule has 1 N–H and O–H groups in total. The molecular weight excluding hydrogens is 324 g/mol. The molecule has 0 saturated carbocycles. The molecule has 2 aromatic carbocycles. The maximum Gasteiger partial charge on any atom is 0.338 e. The molecule has 0 atom stereocenters. The number of hydrogen-bond acceptors (Lipinski definition) is 5. The third kappa shape index (κ3) is 5.24. The topological polar surface area (TPSA) is 82.1 Å². The zero-order valence-electron chi connectivity index (χ0n) is 14.2. The molecule has 6 heteroatoms. The molecule has 0 bridgehead atoms. The van der Waals surface area contributed by atoms with Crippen LogP contribution in [0.2, 0.25) is 0 Å². The van der Waals surface area contributed by atoms with Crippen molar-refractivity contribution in [3.05, 3.63) is 59.2 Å². The molecule has 0 radical (unpaired) electrons. The number of esters is 1. The van der Waals surface area contributed by atoms with Crippen LogP contribution in [0.25, 0.3) is 0 Å². The first-order chi connectivity index (χ1) is 12.0. The summed E-state index contributed by atoms with van der Waals surface area (Å²) in [4.78, 5) is 22.7. The van der Waals surface area contributed by atoms with Gasteiger partial charge in [0.2, 0.25) is 0 Å². The second-order valence-electron chi connectivity index (χ2n) is 5.25. The van der Waals surface area contributed by atoms with E-state index in [9.17, 15) is 9.59 Å². The highest BCUT2D eigenvalue weighted by Crippen LogP contribution is 2.21. The predicted octanol–water partition coefficient (Wildman–Crippen LogP) is 3.08. The number of rotatable bonds is 8. The van der Waals surface area contributed by atoms with Crippen LogP contribution in [0.4, 0.5) is 0 Å². The van der Waals surface area contributed by atoms with E-state index in [1.54, 1.807) is 56.5 Å². The van der Waals surface area contributed by atoms with Gasteiger partial charge in [-0.15, -0.1) is 0 Å². The smallest absolute Gasteiger partial charge is 0.338 e. The molecule has 2 aromatic rings. The van der Waals surface area contributed by atoms with E-state index in [-0.39, 0.29) is 19.6 Å². The Balaban J connectivity index is 2.12. The minimum atomic E-state index is -0.885. The molecule has 0 aromatic heterocycles. The van der Waals surface area contributed by atoms with E-state index in [0.29, 0.717) is 28.2 Å². The summed E-state index contributed by atoms with van der Waals surface area (Å²) in [7, 11) is 1.55. The lowest BCUT2D eigenvalue weighted by atomic mass is 10.1. The fraction of sp³-hybridized carbons (Fsp3) is 0.263. The van der Waals surface area contributed by atoms with E-state index in [1.807, 2.05) is 0 Å². The normalized spacial score (nSPS) is 10.2. The summed E-state index contributed by atoms with van der Waals surface area (Å²) in [6.45, 7) is 2.19. The van der Waals surface area contributed by atoms with Gasteiger partial charge in [0.1, 0.15) is 18.1 Å². The van der Waals surface area contributed by atoms with E-state index in [0.717, 1.165) is 0 Å². The Labute approximate surface area is 146 Å². The van der Waals surface area contributed by atoms with Gasteiger partial charge in [-0.1, -0.05) is 12.1 Å². The third-order valence-corrected chi connectivity index (χ3v) is 3.48. The SMILES string of the molecule is CCOC(=O)c1ccc(OC)cc1COc1ccc(CC(=O)O)cc1. The Hall–Kier alpha value is -3.02. The van der Waals surface area contributed by atoms with Crippen LogP contribution in [0.1, 0.15) is 28.4 Å². The van der Waals surface area contributed by atoms with Crippen molar-refractivity contribution in [2.24, 2.45) is 0 Å². The van der Waals surface area contributed by atoms with Crippen molar-refractivity contribution in [2.45, 2.75) is 20.0 Å². The first-order valence-electron chi connectivity index (χ1n) is 7.81. The van der Waals surface area contributed by atoms with E-state index in [2.05, 4.69) is 0 Å². The minimum Gasteiger partial charge on any atom is -0.497 e. The molecule has 0 aliphatic heterocycles. The lowest BCUT2D eigenvalue weighted by Gasteiger charge is -2.12. The molecule has 2 rings (SSSR count). The molecule has 0 unspecified atom stereocenters. The number of methoxy groups -OCH3 is 1. The lowest BCUT2D eigenvalue weighted by Crippen LogP contribution is -2.10. The standard InChI is InChI=1S/C19H20O6/c1-3-24-19(22)17-9-8-16(23-2)11-14(17)12-25-15-6-4-13(5-7-15)10-18(20)21/h4-9,11H,3,10,12H2,1-2H3,(H,20,21). The van der Waals surface area contributed by atoms with E-state index in [4.69, 9.17) is 19.3 Å². The van der Waals surface area contributed by atoms with Crippen molar-refractivity contribution >= 4 is 11.9 Å². The first-order valence-corrected chi connectivity index (χ1v) is 7.81. The average Bonchev–Trinajstić information content (AvgIpc) is 2.60. The summed E-state index contributed by atoms with van der Waals surface area (Å²) in [6.07, 6.45) is -0.0385. The average molecular weight is 344 g/mol. The molecule has 0 saturated heterocycles. The molecule has 0 amide bonds. The molecule has 132 valence electrons. The van der Waals surface area contributed by atoms with Crippen molar-refractivity contribution < 1.29 is 28.9 Å². The summed E-state index contributed by atoms with van der Waals surface area (Å²) in [5, 5.41) is 8.78. The van der Waals surface area contributed by atoms with Crippen molar-refractivity contribution in [3.63, 3.8) is 0 Å². The summed E-state index contributed by atoms with van der Waals surface area (Å²) in [5.41, 5.74) is 1.76. The Kier molecular flexibility index (Phi) is 6.39. The van der Waals surface area contributed by atoms with Crippen LogP contribution in [-0.4, -0.2) is 30.8 Å². The van der Waals surface area contributed by atoms with E-state index >= 15 is 0 Å². The van der Waals surface area contributed by atoms with E-state index in [1.165, 1.54) is 0 Å².